The van der Waals surface area contributed by atoms with Gasteiger partial charge in [-0.2, -0.15) is 10.2 Å². The molecule has 0 bridgehead atoms. The van der Waals surface area contributed by atoms with Gasteiger partial charge >= 0.3 is 0 Å². The lowest BCUT2D eigenvalue weighted by atomic mass is 10.2. The molecule has 8 heteroatoms. The molecule has 0 aliphatic heterocycles. The van der Waals surface area contributed by atoms with E-state index in [0.29, 0.717) is 5.92 Å². The summed E-state index contributed by atoms with van der Waals surface area (Å²) in [6.45, 7) is 12.7. The monoisotopic (exact) mass is 473 g/mol. The molecule has 1 atom stereocenters. The van der Waals surface area contributed by atoms with Gasteiger partial charge in [-0.05, 0) is 45.2 Å². The average Bonchev–Trinajstić information content (AvgIpc) is 3.18. The van der Waals surface area contributed by atoms with E-state index in [1.54, 1.807) is 0 Å². The molecule has 1 unspecified atom stereocenters. The summed E-state index contributed by atoms with van der Waals surface area (Å²) in [5, 5.41) is 15.5. The first-order chi connectivity index (χ1) is 12.1. The summed E-state index contributed by atoms with van der Waals surface area (Å²) in [7, 11) is 0. The van der Waals surface area contributed by atoms with Crippen LogP contribution < -0.4 is 10.6 Å². The van der Waals surface area contributed by atoms with Crippen molar-refractivity contribution in [3.05, 3.63) is 35.9 Å². The Kier molecular flexibility index (Phi) is 10.3. The maximum absolute atomic E-state index is 4.69. The molecule has 0 aromatic carbocycles. The van der Waals surface area contributed by atoms with E-state index in [0.717, 1.165) is 50.8 Å². The molecule has 146 valence electrons. The third kappa shape index (κ3) is 7.76. The summed E-state index contributed by atoms with van der Waals surface area (Å²) in [6, 6.07) is 4.06. The lowest BCUT2D eigenvalue weighted by molar-refractivity contribution is 0.458. The lowest BCUT2D eigenvalue weighted by Gasteiger charge is -2.14. The van der Waals surface area contributed by atoms with E-state index in [2.05, 4.69) is 52.4 Å². The molecule has 0 aliphatic carbocycles. The van der Waals surface area contributed by atoms with Crippen molar-refractivity contribution in [3.63, 3.8) is 0 Å². The highest BCUT2D eigenvalue weighted by molar-refractivity contribution is 14.0. The molecule has 0 radical (unpaired) electrons. The molecule has 0 spiro atoms. The van der Waals surface area contributed by atoms with Crippen LogP contribution in [0, 0.1) is 19.8 Å². The first kappa shape index (κ1) is 22.5. The molecule has 7 nitrogen and oxygen atoms in total. The van der Waals surface area contributed by atoms with Crippen LogP contribution in [0.25, 0.3) is 0 Å². The van der Waals surface area contributed by atoms with Crippen molar-refractivity contribution in [1.29, 1.82) is 0 Å². The first-order valence-electron chi connectivity index (χ1n) is 9.09. The van der Waals surface area contributed by atoms with Crippen LogP contribution in [0.3, 0.4) is 0 Å². The van der Waals surface area contributed by atoms with Crippen molar-refractivity contribution in [1.82, 2.24) is 30.2 Å². The van der Waals surface area contributed by atoms with Gasteiger partial charge in [-0.3, -0.25) is 14.4 Å². The Labute approximate surface area is 173 Å². The van der Waals surface area contributed by atoms with Crippen LogP contribution in [0.15, 0.2) is 29.5 Å². The number of aromatic nitrogens is 4. The number of rotatable bonds is 9. The highest BCUT2D eigenvalue weighted by atomic mass is 127. The quantitative estimate of drug-likeness (QED) is 0.254. The average molecular weight is 473 g/mol. The van der Waals surface area contributed by atoms with Gasteiger partial charge in [0.15, 0.2) is 5.96 Å². The van der Waals surface area contributed by atoms with Gasteiger partial charge in [0.1, 0.15) is 0 Å². The van der Waals surface area contributed by atoms with Crippen LogP contribution in [-0.4, -0.2) is 45.2 Å². The van der Waals surface area contributed by atoms with E-state index in [-0.39, 0.29) is 24.0 Å². The molecule has 2 aromatic heterocycles. The maximum atomic E-state index is 4.69. The van der Waals surface area contributed by atoms with E-state index < -0.39 is 0 Å². The zero-order chi connectivity index (χ0) is 18.1. The Bertz CT molecular complexity index is 649. The Morgan fingerprint density at radius 3 is 2.73 bits per heavy atom. The van der Waals surface area contributed by atoms with Gasteiger partial charge in [-0.1, -0.05) is 6.92 Å². The standard InChI is InChI=1S/C18H31N7.HI/c1-5-19-18(21-13-15(2)14-24-10-7-9-22-24)20-8-6-11-25-17(4)12-16(3)23-25;/h7,9-10,12,15H,5-6,8,11,13-14H2,1-4H3,(H2,19,20,21);1H. The molecule has 0 saturated carbocycles. The fourth-order valence-corrected chi connectivity index (χ4v) is 2.71. The van der Waals surface area contributed by atoms with Gasteiger partial charge in [0.25, 0.3) is 0 Å². The number of halogens is 1. The van der Waals surface area contributed by atoms with Crippen molar-refractivity contribution < 1.29 is 0 Å². The second-order valence-corrected chi connectivity index (χ2v) is 6.48. The number of hydrogen-bond acceptors (Lipinski definition) is 3. The summed E-state index contributed by atoms with van der Waals surface area (Å²) >= 11 is 0. The van der Waals surface area contributed by atoms with Crippen molar-refractivity contribution in [2.45, 2.75) is 47.2 Å². The zero-order valence-electron chi connectivity index (χ0n) is 16.3. The normalized spacial score (nSPS) is 12.5. The number of nitrogens with zero attached hydrogens (tertiary/aromatic N) is 5. The van der Waals surface area contributed by atoms with Crippen LogP contribution in [-0.2, 0) is 13.1 Å². The summed E-state index contributed by atoms with van der Waals surface area (Å²) in [5.41, 5.74) is 2.29. The van der Waals surface area contributed by atoms with Crippen LogP contribution in [0.2, 0.25) is 0 Å². The fraction of sp³-hybridized carbons (Fsp3) is 0.611. The molecule has 2 rings (SSSR count). The highest BCUT2D eigenvalue weighted by Gasteiger charge is 2.05. The molecule has 0 aliphatic rings. The third-order valence-electron chi connectivity index (χ3n) is 3.91. The van der Waals surface area contributed by atoms with E-state index in [1.165, 1.54) is 5.69 Å². The molecule has 2 N–H and O–H groups in total. The molecule has 0 amide bonds. The molecule has 2 aromatic rings. The van der Waals surface area contributed by atoms with Gasteiger partial charge in [0.2, 0.25) is 0 Å². The molecule has 0 fully saturated rings. The van der Waals surface area contributed by atoms with Gasteiger partial charge in [-0.15, -0.1) is 24.0 Å². The smallest absolute Gasteiger partial charge is 0.191 e. The largest absolute Gasteiger partial charge is 0.357 e. The van der Waals surface area contributed by atoms with Crippen molar-refractivity contribution >= 4 is 29.9 Å². The van der Waals surface area contributed by atoms with E-state index in [9.17, 15) is 0 Å². The van der Waals surface area contributed by atoms with E-state index >= 15 is 0 Å². The van der Waals surface area contributed by atoms with Gasteiger partial charge in [-0.25, -0.2) is 0 Å². The van der Waals surface area contributed by atoms with Gasteiger partial charge < -0.3 is 10.6 Å². The number of hydrogen-bond donors (Lipinski definition) is 2. The van der Waals surface area contributed by atoms with E-state index in [1.807, 2.05) is 30.1 Å². The third-order valence-corrected chi connectivity index (χ3v) is 3.91. The van der Waals surface area contributed by atoms with Crippen molar-refractivity contribution in [3.8, 4) is 0 Å². The van der Waals surface area contributed by atoms with Crippen LogP contribution in [0.4, 0.5) is 0 Å². The molecule has 26 heavy (non-hydrogen) atoms. The molecule has 0 saturated heterocycles. The number of nitrogens with one attached hydrogen (secondary N) is 2. The minimum atomic E-state index is 0. The predicted molar refractivity (Wildman–Crippen MR) is 117 cm³/mol. The zero-order valence-corrected chi connectivity index (χ0v) is 18.6. The Balaban J connectivity index is 0.00000338. The van der Waals surface area contributed by atoms with Crippen LogP contribution in [0.5, 0.6) is 0 Å². The molecular formula is C18H32IN7. The van der Waals surface area contributed by atoms with Crippen LogP contribution in [0.1, 0.15) is 31.7 Å². The molecular weight excluding hydrogens is 441 g/mol. The Morgan fingerprint density at radius 1 is 1.31 bits per heavy atom. The van der Waals surface area contributed by atoms with Gasteiger partial charge in [0, 0.05) is 50.8 Å². The van der Waals surface area contributed by atoms with Crippen LogP contribution >= 0.6 is 24.0 Å². The SMILES string of the molecule is CCNC(=NCC(C)Cn1cccn1)NCCCn1nc(C)cc1C.I. The maximum Gasteiger partial charge on any atom is 0.191 e. The van der Waals surface area contributed by atoms with E-state index in [4.69, 9.17) is 4.99 Å². The predicted octanol–water partition coefficient (Wildman–Crippen LogP) is 2.60. The van der Waals surface area contributed by atoms with Gasteiger partial charge in [0.05, 0.1) is 5.69 Å². The number of guanidine groups is 1. The first-order valence-corrected chi connectivity index (χ1v) is 9.09. The summed E-state index contributed by atoms with van der Waals surface area (Å²) in [4.78, 5) is 4.69. The minimum absolute atomic E-state index is 0. The summed E-state index contributed by atoms with van der Waals surface area (Å²) in [6.07, 6.45) is 4.81. The Hall–Kier alpha value is -1.58. The minimum Gasteiger partial charge on any atom is -0.357 e. The second kappa shape index (κ2) is 11.9. The Morgan fingerprint density at radius 2 is 2.12 bits per heavy atom. The highest BCUT2D eigenvalue weighted by Crippen LogP contribution is 2.02. The topological polar surface area (TPSA) is 72.1 Å². The summed E-state index contributed by atoms with van der Waals surface area (Å²) in [5.74, 6) is 1.31. The van der Waals surface area contributed by atoms with Crippen molar-refractivity contribution in [2.24, 2.45) is 10.9 Å². The summed E-state index contributed by atoms with van der Waals surface area (Å²) < 4.78 is 4.02. The fourth-order valence-electron chi connectivity index (χ4n) is 2.71. The number of aliphatic imine (C=N–C) groups is 1. The lowest BCUT2D eigenvalue weighted by Crippen LogP contribution is -2.38. The second-order valence-electron chi connectivity index (χ2n) is 6.48. The van der Waals surface area contributed by atoms with Crippen molar-refractivity contribution in [2.75, 3.05) is 19.6 Å². The number of aryl methyl sites for hydroxylation is 3. The molecule has 2 heterocycles.